The Morgan fingerprint density at radius 2 is 1.40 bits per heavy atom. The summed E-state index contributed by atoms with van der Waals surface area (Å²) < 4.78 is 31.0. The number of hydrogen-bond donors (Lipinski definition) is 0. The maximum atomic E-state index is 9.67. The quantitative estimate of drug-likeness (QED) is 0.496. The fourth-order valence-electron chi connectivity index (χ4n) is 0.421. The van der Waals surface area contributed by atoms with Crippen molar-refractivity contribution in [3.8, 4) is 0 Å². The fraction of sp³-hybridized carbons (Fsp3) is 0.200. The van der Waals surface area contributed by atoms with Crippen LogP contribution in [-0.4, -0.2) is 12.1 Å². The van der Waals surface area contributed by atoms with Crippen molar-refractivity contribution in [1.82, 2.24) is 4.57 Å². The Morgan fingerprint density at radius 1 is 1.10 bits per heavy atom. The van der Waals surface area contributed by atoms with Gasteiger partial charge in [-0.05, 0) is 12.1 Å². The molecular formula is C5H7BF3N. The first-order chi connectivity index (χ1) is 4.63. The molecule has 10 heavy (non-hydrogen) atoms. The van der Waals surface area contributed by atoms with Crippen LogP contribution in [0.15, 0.2) is 24.5 Å². The van der Waals surface area contributed by atoms with Crippen LogP contribution >= 0.6 is 0 Å². The molecule has 0 amide bonds. The Hall–Kier alpha value is -0.865. The molecule has 0 spiro atoms. The number of nitrogens with zero attached hydrogens (tertiary/aromatic N) is 1. The predicted molar refractivity (Wildman–Crippen MR) is 34.5 cm³/mol. The van der Waals surface area contributed by atoms with Gasteiger partial charge in [0.25, 0.3) is 0 Å². The van der Waals surface area contributed by atoms with Crippen LogP contribution in [0.3, 0.4) is 0 Å². The molecule has 5 heteroatoms. The smallest absolute Gasteiger partial charge is 0.357 e. The van der Waals surface area contributed by atoms with Gasteiger partial charge in [-0.1, -0.05) is 0 Å². The molecule has 1 aromatic rings. The van der Waals surface area contributed by atoms with E-state index in [9.17, 15) is 12.9 Å². The van der Waals surface area contributed by atoms with E-state index in [2.05, 4.69) is 0 Å². The van der Waals surface area contributed by atoms with Gasteiger partial charge in [-0.25, -0.2) is 0 Å². The van der Waals surface area contributed by atoms with Crippen molar-refractivity contribution >= 4 is 7.54 Å². The van der Waals surface area contributed by atoms with Crippen molar-refractivity contribution in [2.75, 3.05) is 0 Å². The van der Waals surface area contributed by atoms with Gasteiger partial charge in [-0.3, -0.25) is 12.9 Å². The molecule has 56 valence electrons. The molecule has 0 unspecified atom stereocenters. The zero-order chi connectivity index (χ0) is 7.98. The lowest BCUT2D eigenvalue weighted by Crippen LogP contribution is -1.76. The van der Waals surface area contributed by atoms with Crippen molar-refractivity contribution in [2.24, 2.45) is 7.05 Å². The minimum atomic E-state index is -3.67. The van der Waals surface area contributed by atoms with Crippen LogP contribution in [0.1, 0.15) is 0 Å². The van der Waals surface area contributed by atoms with Gasteiger partial charge >= 0.3 is 7.54 Å². The fourth-order valence-corrected chi connectivity index (χ4v) is 0.421. The lowest BCUT2D eigenvalue weighted by Gasteiger charge is -1.79. The highest BCUT2D eigenvalue weighted by Crippen LogP contribution is 1.80. The molecule has 1 rings (SSSR count). The molecule has 0 N–H and O–H groups in total. The summed E-state index contributed by atoms with van der Waals surface area (Å²) in [6, 6.07) is 4.00. The predicted octanol–water partition coefficient (Wildman–Crippen LogP) is 1.90. The second-order valence-electron chi connectivity index (χ2n) is 1.60. The van der Waals surface area contributed by atoms with E-state index in [4.69, 9.17) is 0 Å². The molecule has 0 fully saturated rings. The third kappa shape index (κ3) is 7.13. The molecule has 1 nitrogen and oxygen atoms in total. The van der Waals surface area contributed by atoms with Crippen LogP contribution in [0.25, 0.3) is 0 Å². The van der Waals surface area contributed by atoms with Gasteiger partial charge in [0.05, 0.1) is 0 Å². The molecule has 1 heterocycles. The minimum absolute atomic E-state index is 2.00. The molecule has 0 aliphatic rings. The lowest BCUT2D eigenvalue weighted by molar-refractivity contribution is 0.535. The second kappa shape index (κ2) is 4.96. The molecule has 1 aromatic heterocycles. The first kappa shape index (κ1) is 9.13. The summed E-state index contributed by atoms with van der Waals surface area (Å²) in [4.78, 5) is 0. The molecule has 0 aliphatic heterocycles. The highest BCUT2D eigenvalue weighted by Gasteiger charge is 2.06. The van der Waals surface area contributed by atoms with Gasteiger partial charge < -0.3 is 4.57 Å². The summed E-state index contributed by atoms with van der Waals surface area (Å²) in [5, 5.41) is 0. The molecule has 0 aromatic carbocycles. The standard InChI is InChI=1S/C5H7N.BF3/c1-6-4-2-3-5-6;2-1(3)4/h2-5H,1H3;. The second-order valence-corrected chi connectivity index (χ2v) is 1.60. The molecule has 0 saturated carbocycles. The van der Waals surface area contributed by atoms with E-state index in [0.29, 0.717) is 0 Å². The van der Waals surface area contributed by atoms with Gasteiger partial charge in [0.15, 0.2) is 0 Å². The zero-order valence-electron chi connectivity index (χ0n) is 5.47. The highest BCUT2D eigenvalue weighted by molar-refractivity contribution is 6.33. The van der Waals surface area contributed by atoms with E-state index in [0.717, 1.165) is 0 Å². The van der Waals surface area contributed by atoms with E-state index in [1.165, 1.54) is 0 Å². The third-order valence-corrected chi connectivity index (χ3v) is 0.754. The van der Waals surface area contributed by atoms with Gasteiger partial charge in [-0.2, -0.15) is 0 Å². The maximum absolute atomic E-state index is 9.67. The number of aromatic nitrogens is 1. The van der Waals surface area contributed by atoms with Crippen molar-refractivity contribution < 1.29 is 12.9 Å². The maximum Gasteiger partial charge on any atom is 0.762 e. The van der Waals surface area contributed by atoms with Crippen molar-refractivity contribution in [3.63, 3.8) is 0 Å². The average molecular weight is 149 g/mol. The molecule has 0 aliphatic carbocycles. The monoisotopic (exact) mass is 149 g/mol. The van der Waals surface area contributed by atoms with Crippen LogP contribution in [0.4, 0.5) is 12.9 Å². The number of aryl methyl sites for hydroxylation is 1. The Morgan fingerprint density at radius 3 is 1.50 bits per heavy atom. The summed E-state index contributed by atoms with van der Waals surface area (Å²) in [7, 11) is -1.67. The van der Waals surface area contributed by atoms with E-state index in [1.54, 1.807) is 0 Å². The van der Waals surface area contributed by atoms with Crippen LogP contribution in [-0.2, 0) is 7.05 Å². The van der Waals surface area contributed by atoms with Crippen molar-refractivity contribution in [3.05, 3.63) is 24.5 Å². The van der Waals surface area contributed by atoms with Crippen molar-refractivity contribution in [1.29, 1.82) is 0 Å². The van der Waals surface area contributed by atoms with Crippen LogP contribution in [0, 0.1) is 0 Å². The Labute approximate surface area is 57.7 Å². The van der Waals surface area contributed by atoms with Crippen molar-refractivity contribution in [2.45, 2.75) is 0 Å². The third-order valence-electron chi connectivity index (χ3n) is 0.754. The highest BCUT2D eigenvalue weighted by atomic mass is 19.4. The summed E-state index contributed by atoms with van der Waals surface area (Å²) in [5.41, 5.74) is 0. The first-order valence-corrected chi connectivity index (χ1v) is 2.62. The number of hydrogen-bond acceptors (Lipinski definition) is 0. The largest absolute Gasteiger partial charge is 0.762 e. The van der Waals surface area contributed by atoms with Crippen LogP contribution in [0.2, 0.25) is 0 Å². The summed E-state index contributed by atoms with van der Waals surface area (Å²) >= 11 is 0. The van der Waals surface area contributed by atoms with E-state index in [1.807, 2.05) is 36.1 Å². The summed E-state index contributed by atoms with van der Waals surface area (Å²) in [5.74, 6) is 0. The molecule has 0 bridgehead atoms. The topological polar surface area (TPSA) is 4.93 Å². The van der Waals surface area contributed by atoms with Gasteiger partial charge in [0.2, 0.25) is 0 Å². The Kier molecular flexibility index (Phi) is 4.53. The van der Waals surface area contributed by atoms with Gasteiger partial charge in [0, 0.05) is 19.4 Å². The first-order valence-electron chi connectivity index (χ1n) is 2.62. The van der Waals surface area contributed by atoms with Gasteiger partial charge in [-0.15, -0.1) is 0 Å². The van der Waals surface area contributed by atoms with Crippen LogP contribution < -0.4 is 0 Å². The van der Waals surface area contributed by atoms with E-state index < -0.39 is 7.54 Å². The van der Waals surface area contributed by atoms with Gasteiger partial charge in [0.1, 0.15) is 0 Å². The summed E-state index contributed by atoms with van der Waals surface area (Å²) in [6.07, 6.45) is 4.00. The van der Waals surface area contributed by atoms with E-state index in [-0.39, 0.29) is 0 Å². The molecule has 0 radical (unpaired) electrons. The average Bonchev–Trinajstić information content (AvgIpc) is 2.15. The number of rotatable bonds is 0. The molecular weight excluding hydrogens is 142 g/mol. The lowest BCUT2D eigenvalue weighted by atomic mass is 10.5. The van der Waals surface area contributed by atoms with E-state index >= 15 is 0 Å². The SMILES string of the molecule is Cn1cccc1.FB(F)F. The van der Waals surface area contributed by atoms with Crippen LogP contribution in [0.5, 0.6) is 0 Å². The minimum Gasteiger partial charge on any atom is -0.357 e. The normalized spacial score (nSPS) is 8.00. The molecule has 0 saturated heterocycles. The molecule has 0 atom stereocenters. The Balaban J connectivity index is 0.000000180. The summed E-state index contributed by atoms with van der Waals surface area (Å²) in [6.45, 7) is 0. The number of halogens is 3. The Bertz CT molecular complexity index is 149. The zero-order valence-corrected chi connectivity index (χ0v) is 5.47.